The monoisotopic (exact) mass is 325 g/mol. The molecule has 0 unspecified atom stereocenters. The van der Waals surface area contributed by atoms with E-state index < -0.39 is 0 Å². The van der Waals surface area contributed by atoms with E-state index in [1.54, 1.807) is 0 Å². The summed E-state index contributed by atoms with van der Waals surface area (Å²) in [6.45, 7) is 8.65. The number of H-pyrrole nitrogens is 1. The molecule has 1 N–H and O–H groups in total. The number of hydrogen-bond acceptors (Lipinski definition) is 3. The molecule has 4 rings (SSSR count). The van der Waals surface area contributed by atoms with Crippen LogP contribution in [-0.4, -0.2) is 40.9 Å². The van der Waals surface area contributed by atoms with Crippen LogP contribution in [0.2, 0.25) is 0 Å². The van der Waals surface area contributed by atoms with Gasteiger partial charge < -0.3 is 4.74 Å². The normalized spacial score (nSPS) is 28.0. The van der Waals surface area contributed by atoms with Crippen LogP contribution in [0.25, 0.3) is 11.3 Å². The van der Waals surface area contributed by atoms with Gasteiger partial charge in [-0.3, -0.25) is 10.00 Å². The molecule has 24 heavy (non-hydrogen) atoms. The SMILES string of the molecule is Cc1cccc(-c2[nH]ncc2CN(C)[C@@H]2[C@@H]3CCO[C@@H]3C2(C)C)c1. The molecule has 4 heteroatoms. The summed E-state index contributed by atoms with van der Waals surface area (Å²) in [7, 11) is 2.24. The highest BCUT2D eigenvalue weighted by Crippen LogP contribution is 2.54. The van der Waals surface area contributed by atoms with Crippen molar-refractivity contribution in [2.24, 2.45) is 11.3 Å². The molecule has 0 bridgehead atoms. The fourth-order valence-electron chi connectivity index (χ4n) is 5.04. The maximum atomic E-state index is 5.94. The van der Waals surface area contributed by atoms with Crippen LogP contribution in [0.4, 0.5) is 0 Å². The summed E-state index contributed by atoms with van der Waals surface area (Å²) in [6.07, 6.45) is 3.60. The van der Waals surface area contributed by atoms with Crippen molar-refractivity contribution in [2.45, 2.75) is 45.9 Å². The molecule has 3 atom stereocenters. The third kappa shape index (κ3) is 2.40. The standard InChI is InChI=1S/C20H27N3O/c1-13-6-5-7-14(10-13)17-15(11-21-22-17)12-23(4)18-16-8-9-24-19(16)20(18,2)3/h5-7,10-11,16,18-19H,8-9,12H2,1-4H3,(H,21,22)/t16-,18+,19-/m0/s1. The predicted octanol–water partition coefficient (Wildman–Crippen LogP) is 3.63. The second kappa shape index (κ2) is 5.71. The Morgan fingerprint density at radius 1 is 1.38 bits per heavy atom. The van der Waals surface area contributed by atoms with Gasteiger partial charge in [-0.1, -0.05) is 37.6 Å². The van der Waals surface area contributed by atoms with Crippen LogP contribution in [0, 0.1) is 18.3 Å². The van der Waals surface area contributed by atoms with E-state index in [9.17, 15) is 0 Å². The first kappa shape index (κ1) is 15.9. The Morgan fingerprint density at radius 2 is 2.21 bits per heavy atom. The number of aromatic nitrogens is 2. The summed E-state index contributed by atoms with van der Waals surface area (Å²) >= 11 is 0. The van der Waals surface area contributed by atoms with Crippen LogP contribution in [0.5, 0.6) is 0 Å². The highest BCUT2D eigenvalue weighted by atomic mass is 16.5. The number of aromatic amines is 1. The third-order valence-corrected chi connectivity index (χ3v) is 5.96. The molecule has 2 fully saturated rings. The van der Waals surface area contributed by atoms with Gasteiger partial charge in [0.15, 0.2) is 0 Å². The van der Waals surface area contributed by atoms with Crippen LogP contribution >= 0.6 is 0 Å². The summed E-state index contributed by atoms with van der Waals surface area (Å²) in [5, 5.41) is 7.51. The number of hydrogen-bond donors (Lipinski definition) is 1. The fraction of sp³-hybridized carbons (Fsp3) is 0.550. The topological polar surface area (TPSA) is 41.2 Å². The Bertz CT molecular complexity index is 736. The van der Waals surface area contributed by atoms with Crippen molar-refractivity contribution >= 4 is 0 Å². The van der Waals surface area contributed by atoms with Gasteiger partial charge in [0.1, 0.15) is 0 Å². The lowest BCUT2D eigenvalue weighted by molar-refractivity contribution is -0.151. The van der Waals surface area contributed by atoms with E-state index in [1.807, 2.05) is 6.20 Å². The Kier molecular flexibility index (Phi) is 3.77. The number of aryl methyl sites for hydroxylation is 1. The fourth-order valence-corrected chi connectivity index (χ4v) is 5.04. The van der Waals surface area contributed by atoms with Crippen LogP contribution in [-0.2, 0) is 11.3 Å². The van der Waals surface area contributed by atoms with E-state index in [0.29, 0.717) is 18.1 Å². The zero-order valence-corrected chi connectivity index (χ0v) is 15.0. The van der Waals surface area contributed by atoms with Crippen molar-refractivity contribution in [3.63, 3.8) is 0 Å². The van der Waals surface area contributed by atoms with Crippen molar-refractivity contribution in [1.29, 1.82) is 0 Å². The van der Waals surface area contributed by atoms with Crippen LogP contribution in [0.3, 0.4) is 0 Å². The van der Waals surface area contributed by atoms with Crippen molar-refractivity contribution in [2.75, 3.05) is 13.7 Å². The molecule has 2 heterocycles. The van der Waals surface area contributed by atoms with E-state index in [4.69, 9.17) is 4.74 Å². The highest BCUT2D eigenvalue weighted by molar-refractivity contribution is 5.63. The molecule has 1 saturated heterocycles. The van der Waals surface area contributed by atoms with E-state index in [2.05, 4.69) is 67.2 Å². The minimum absolute atomic E-state index is 0.225. The Hall–Kier alpha value is -1.65. The lowest BCUT2D eigenvalue weighted by Crippen LogP contribution is -2.65. The lowest BCUT2D eigenvalue weighted by atomic mass is 9.57. The molecule has 4 nitrogen and oxygen atoms in total. The zero-order chi connectivity index (χ0) is 16.9. The minimum atomic E-state index is 0.225. The number of benzene rings is 1. The lowest BCUT2D eigenvalue weighted by Gasteiger charge is -2.58. The van der Waals surface area contributed by atoms with Gasteiger partial charge in [-0.05, 0) is 26.5 Å². The average molecular weight is 325 g/mol. The molecule has 1 aromatic heterocycles. The van der Waals surface area contributed by atoms with Gasteiger partial charge in [-0.15, -0.1) is 0 Å². The van der Waals surface area contributed by atoms with Gasteiger partial charge in [0, 0.05) is 41.7 Å². The van der Waals surface area contributed by atoms with E-state index in [0.717, 1.165) is 18.8 Å². The summed E-state index contributed by atoms with van der Waals surface area (Å²) in [5.74, 6) is 0.680. The van der Waals surface area contributed by atoms with Gasteiger partial charge in [0.2, 0.25) is 0 Å². The first-order chi connectivity index (χ1) is 11.5. The van der Waals surface area contributed by atoms with Gasteiger partial charge in [-0.25, -0.2) is 0 Å². The number of fused-ring (bicyclic) bond motifs is 1. The average Bonchev–Trinajstić information content (AvgIpc) is 3.15. The molecule has 128 valence electrons. The summed E-state index contributed by atoms with van der Waals surface area (Å²) in [6, 6.07) is 9.17. The molecule has 0 amide bonds. The third-order valence-electron chi connectivity index (χ3n) is 5.96. The summed E-state index contributed by atoms with van der Waals surface area (Å²) < 4.78 is 5.94. The molecule has 2 aliphatic rings. The van der Waals surface area contributed by atoms with Gasteiger partial charge in [0.05, 0.1) is 18.0 Å². The zero-order valence-electron chi connectivity index (χ0n) is 15.0. The van der Waals surface area contributed by atoms with Crippen LogP contribution < -0.4 is 0 Å². The molecule has 0 spiro atoms. The van der Waals surface area contributed by atoms with Crippen LogP contribution in [0.15, 0.2) is 30.5 Å². The summed E-state index contributed by atoms with van der Waals surface area (Å²) in [4.78, 5) is 2.50. The quantitative estimate of drug-likeness (QED) is 0.933. The van der Waals surface area contributed by atoms with Crippen molar-refractivity contribution in [1.82, 2.24) is 15.1 Å². The second-order valence-corrected chi connectivity index (χ2v) is 8.06. The van der Waals surface area contributed by atoms with E-state index >= 15 is 0 Å². The van der Waals surface area contributed by atoms with Gasteiger partial charge in [-0.2, -0.15) is 5.10 Å². The van der Waals surface area contributed by atoms with E-state index in [-0.39, 0.29) is 5.41 Å². The second-order valence-electron chi connectivity index (χ2n) is 8.06. The van der Waals surface area contributed by atoms with Crippen molar-refractivity contribution < 1.29 is 4.74 Å². The molecule has 1 saturated carbocycles. The largest absolute Gasteiger partial charge is 0.377 e. The first-order valence-corrected chi connectivity index (χ1v) is 8.89. The smallest absolute Gasteiger partial charge is 0.0695 e. The van der Waals surface area contributed by atoms with Crippen molar-refractivity contribution in [3.8, 4) is 11.3 Å². The van der Waals surface area contributed by atoms with Crippen LogP contribution in [0.1, 0.15) is 31.4 Å². The maximum Gasteiger partial charge on any atom is 0.0695 e. The number of rotatable bonds is 4. The Labute approximate surface area is 144 Å². The molecular weight excluding hydrogens is 298 g/mol. The number of nitrogens with one attached hydrogen (secondary N) is 1. The first-order valence-electron chi connectivity index (χ1n) is 8.89. The summed E-state index contributed by atoms with van der Waals surface area (Å²) in [5.41, 5.74) is 5.12. The molecular formula is C20H27N3O. The molecule has 1 aliphatic carbocycles. The molecule has 1 aliphatic heterocycles. The maximum absolute atomic E-state index is 5.94. The number of nitrogens with zero attached hydrogens (tertiary/aromatic N) is 2. The molecule has 2 aromatic rings. The Morgan fingerprint density at radius 3 is 3.00 bits per heavy atom. The van der Waals surface area contributed by atoms with Gasteiger partial charge >= 0.3 is 0 Å². The minimum Gasteiger partial charge on any atom is -0.377 e. The van der Waals surface area contributed by atoms with Gasteiger partial charge in [0.25, 0.3) is 0 Å². The van der Waals surface area contributed by atoms with Crippen molar-refractivity contribution in [3.05, 3.63) is 41.6 Å². The predicted molar refractivity (Wildman–Crippen MR) is 95.6 cm³/mol. The Balaban J connectivity index is 1.55. The number of ether oxygens (including phenoxy) is 1. The molecule has 0 radical (unpaired) electrons. The van der Waals surface area contributed by atoms with E-state index in [1.165, 1.54) is 23.1 Å². The highest BCUT2D eigenvalue weighted by Gasteiger charge is 2.60. The molecule has 1 aromatic carbocycles.